The van der Waals surface area contributed by atoms with Gasteiger partial charge in [0.15, 0.2) is 0 Å². The number of aliphatic hydroxyl groups excluding tert-OH is 1. The number of nitrogen functional groups attached to an aromatic ring is 1. The first-order valence-electron chi connectivity index (χ1n) is 13.2. The van der Waals surface area contributed by atoms with E-state index in [9.17, 15) is 5.11 Å². The van der Waals surface area contributed by atoms with Gasteiger partial charge in [0.1, 0.15) is 48.3 Å². The van der Waals surface area contributed by atoms with Gasteiger partial charge in [0, 0.05) is 30.6 Å². The van der Waals surface area contributed by atoms with Gasteiger partial charge in [-0.15, -0.1) is 0 Å². The van der Waals surface area contributed by atoms with Crippen LogP contribution >= 0.6 is 0 Å². The minimum Gasteiger partial charge on any atom is -0.491 e. The van der Waals surface area contributed by atoms with Gasteiger partial charge in [-0.2, -0.15) is 0 Å². The van der Waals surface area contributed by atoms with Crippen molar-refractivity contribution in [1.29, 1.82) is 0 Å². The summed E-state index contributed by atoms with van der Waals surface area (Å²) in [6.45, 7) is 2.23. The number of fused-ring (bicyclic) bond motifs is 2. The van der Waals surface area contributed by atoms with Gasteiger partial charge in [-0.25, -0.2) is 15.0 Å². The summed E-state index contributed by atoms with van der Waals surface area (Å²) < 4.78 is 14.5. The number of aromatic nitrogens is 4. The normalized spacial score (nSPS) is 24.3. The van der Waals surface area contributed by atoms with Crippen molar-refractivity contribution in [1.82, 2.24) is 19.5 Å². The first-order chi connectivity index (χ1) is 18.0. The third kappa shape index (κ3) is 4.46. The van der Waals surface area contributed by atoms with Crippen LogP contribution in [0.1, 0.15) is 44.4 Å². The second-order valence-corrected chi connectivity index (χ2v) is 10.4. The molecule has 194 valence electrons. The van der Waals surface area contributed by atoms with E-state index in [4.69, 9.17) is 15.2 Å². The maximum Gasteiger partial charge on any atom is 0.147 e. The Kier molecular flexibility index (Phi) is 6.34. The summed E-state index contributed by atoms with van der Waals surface area (Å²) in [5, 5.41) is 16.1. The van der Waals surface area contributed by atoms with Crippen LogP contribution in [0.15, 0.2) is 42.9 Å². The summed E-state index contributed by atoms with van der Waals surface area (Å²) in [4.78, 5) is 13.4. The van der Waals surface area contributed by atoms with Gasteiger partial charge in [0.2, 0.25) is 0 Å². The first kappa shape index (κ1) is 23.9. The van der Waals surface area contributed by atoms with Gasteiger partial charge in [0.05, 0.1) is 17.0 Å². The van der Waals surface area contributed by atoms with E-state index in [2.05, 4.69) is 26.5 Å². The van der Waals surface area contributed by atoms with Crippen LogP contribution in [0.3, 0.4) is 0 Å². The van der Waals surface area contributed by atoms with Gasteiger partial charge >= 0.3 is 0 Å². The lowest BCUT2D eigenvalue weighted by atomic mass is 9.98. The molecule has 0 amide bonds. The number of aliphatic hydroxyl groups is 1. The summed E-state index contributed by atoms with van der Waals surface area (Å²) >= 11 is 0. The van der Waals surface area contributed by atoms with Crippen LogP contribution in [0.25, 0.3) is 21.9 Å². The summed E-state index contributed by atoms with van der Waals surface area (Å²) in [7, 11) is 1.84. The van der Waals surface area contributed by atoms with Crippen molar-refractivity contribution in [2.45, 2.75) is 57.5 Å². The molecular weight excluding hydrogens is 468 g/mol. The topological polar surface area (TPSA) is 120 Å². The van der Waals surface area contributed by atoms with E-state index in [-0.39, 0.29) is 18.8 Å². The number of nitrogens with two attached hydrogens (primary N) is 1. The van der Waals surface area contributed by atoms with Crippen molar-refractivity contribution in [2.24, 2.45) is 11.8 Å². The maximum atomic E-state index is 11.1. The highest BCUT2D eigenvalue weighted by Crippen LogP contribution is 2.40. The number of nitrogens with one attached hydrogen (secondary N) is 1. The zero-order chi connectivity index (χ0) is 25.5. The van der Waals surface area contributed by atoms with E-state index < -0.39 is 12.2 Å². The molecule has 0 unspecified atom stereocenters. The predicted octanol–water partition coefficient (Wildman–Crippen LogP) is 4.31. The Morgan fingerprint density at radius 3 is 2.81 bits per heavy atom. The van der Waals surface area contributed by atoms with Crippen LogP contribution in [0.5, 0.6) is 5.75 Å². The summed E-state index contributed by atoms with van der Waals surface area (Å²) in [5.74, 6) is 2.48. The molecule has 4 N–H and O–H groups in total. The van der Waals surface area contributed by atoms with E-state index in [1.54, 1.807) is 0 Å². The molecule has 1 saturated carbocycles. The largest absolute Gasteiger partial charge is 0.491 e. The van der Waals surface area contributed by atoms with Gasteiger partial charge in [-0.05, 0) is 42.2 Å². The van der Waals surface area contributed by atoms with Crippen molar-refractivity contribution < 1.29 is 14.6 Å². The highest BCUT2D eigenvalue weighted by atomic mass is 16.6. The molecule has 4 heterocycles. The quantitative estimate of drug-likeness (QED) is 0.342. The molecular formula is C28H34N6O3. The van der Waals surface area contributed by atoms with Crippen molar-refractivity contribution in [2.75, 3.05) is 24.7 Å². The van der Waals surface area contributed by atoms with E-state index in [1.165, 1.54) is 32.0 Å². The lowest BCUT2D eigenvalue weighted by Gasteiger charge is -2.18. The number of rotatable bonds is 7. The second-order valence-electron chi connectivity index (χ2n) is 10.4. The average molecular weight is 503 g/mol. The number of ether oxygens (including phenoxy) is 2. The molecule has 1 saturated heterocycles. The Labute approximate surface area is 216 Å². The van der Waals surface area contributed by atoms with Gasteiger partial charge < -0.3 is 30.2 Å². The molecule has 1 aliphatic carbocycles. The molecule has 0 radical (unpaired) electrons. The van der Waals surface area contributed by atoms with Gasteiger partial charge in [0.25, 0.3) is 0 Å². The minimum atomic E-state index is -0.686. The highest BCUT2D eigenvalue weighted by Gasteiger charge is 2.43. The molecule has 2 aliphatic rings. The fraction of sp³-hybridized carbons (Fsp3) is 0.464. The molecule has 9 nitrogen and oxygen atoms in total. The van der Waals surface area contributed by atoms with Crippen LogP contribution in [0.4, 0.5) is 11.6 Å². The van der Waals surface area contributed by atoms with Crippen molar-refractivity contribution in [3.63, 3.8) is 0 Å². The summed E-state index contributed by atoms with van der Waals surface area (Å²) in [6, 6.07) is 9.77. The number of anilines is 2. The van der Waals surface area contributed by atoms with Crippen LogP contribution in [-0.2, 0) is 11.2 Å². The number of hydrogen-bond acceptors (Lipinski definition) is 8. The summed E-state index contributed by atoms with van der Waals surface area (Å²) in [6.07, 6.45) is 8.08. The zero-order valence-corrected chi connectivity index (χ0v) is 21.3. The molecule has 0 bridgehead atoms. The Hall–Kier alpha value is -3.43. The monoisotopic (exact) mass is 502 g/mol. The van der Waals surface area contributed by atoms with Crippen molar-refractivity contribution in [3.05, 3.63) is 48.4 Å². The van der Waals surface area contributed by atoms with Crippen LogP contribution in [0, 0.1) is 11.8 Å². The number of benzene rings is 1. The minimum absolute atomic E-state index is 0.156. The lowest BCUT2D eigenvalue weighted by Crippen LogP contribution is -2.30. The van der Waals surface area contributed by atoms with Crippen LogP contribution in [-0.4, -0.2) is 50.5 Å². The number of nitrogens with zero attached hydrogens (tertiary/aromatic N) is 4. The Morgan fingerprint density at radius 1 is 1.19 bits per heavy atom. The number of pyridine rings is 1. The molecule has 2 fully saturated rings. The van der Waals surface area contributed by atoms with E-state index in [0.717, 1.165) is 39.7 Å². The molecule has 0 spiro atoms. The number of hydrogen-bond donors (Lipinski definition) is 3. The third-order valence-electron chi connectivity index (χ3n) is 7.99. The zero-order valence-electron chi connectivity index (χ0n) is 21.3. The molecule has 4 atom stereocenters. The SMILES string of the molecule is CNc1ccc2ccc(OC[C@H]3O[C@@H](n4cc(CC5CCCC5)c5c(N)ncnc54)[C@H](C)[C@@H]3O)cc2n1. The van der Waals surface area contributed by atoms with E-state index >= 15 is 0 Å². The van der Waals surface area contributed by atoms with Crippen LogP contribution < -0.4 is 15.8 Å². The van der Waals surface area contributed by atoms with Crippen molar-refractivity contribution in [3.8, 4) is 5.75 Å². The lowest BCUT2D eigenvalue weighted by molar-refractivity contribution is -0.0396. The molecule has 6 rings (SSSR count). The smallest absolute Gasteiger partial charge is 0.147 e. The Balaban J connectivity index is 1.22. The second kappa shape index (κ2) is 9.79. The average Bonchev–Trinajstić information content (AvgIpc) is 3.62. The fourth-order valence-corrected chi connectivity index (χ4v) is 5.91. The molecule has 1 aromatic carbocycles. The molecule has 3 aromatic heterocycles. The first-order valence-corrected chi connectivity index (χ1v) is 13.2. The fourth-order valence-electron chi connectivity index (χ4n) is 5.91. The predicted molar refractivity (Wildman–Crippen MR) is 143 cm³/mol. The van der Waals surface area contributed by atoms with Crippen molar-refractivity contribution >= 4 is 33.6 Å². The third-order valence-corrected chi connectivity index (χ3v) is 7.99. The molecule has 4 aromatic rings. The standard InChI is InChI=1S/C28H34N6O3/c1-16-25(35)22(14-36-20-9-7-18-8-10-23(30-2)33-21(18)12-20)37-28(16)34-13-19(11-17-5-3-4-6-17)24-26(29)31-15-32-27(24)34/h7-10,12-13,15-17,22,25,28,35H,3-6,11,14H2,1-2H3,(H,30,33)(H2,29,31,32)/t16-,22-,25+,28-/m1/s1. The van der Waals surface area contributed by atoms with Gasteiger partial charge in [-0.3, -0.25) is 0 Å². The van der Waals surface area contributed by atoms with Crippen LogP contribution in [0.2, 0.25) is 0 Å². The maximum absolute atomic E-state index is 11.1. The highest BCUT2D eigenvalue weighted by molar-refractivity contribution is 5.90. The molecule has 1 aliphatic heterocycles. The van der Waals surface area contributed by atoms with Gasteiger partial charge in [-0.1, -0.05) is 32.6 Å². The van der Waals surface area contributed by atoms with E-state index in [1.807, 2.05) is 48.9 Å². The Morgan fingerprint density at radius 2 is 2.00 bits per heavy atom. The molecule has 9 heteroatoms. The molecule has 37 heavy (non-hydrogen) atoms. The summed E-state index contributed by atoms with van der Waals surface area (Å²) in [5.41, 5.74) is 9.08. The van der Waals surface area contributed by atoms with E-state index in [0.29, 0.717) is 17.5 Å². The Bertz CT molecular complexity index is 1420.